The second kappa shape index (κ2) is 5.30. The maximum atomic E-state index is 6.03. The van der Waals surface area contributed by atoms with E-state index in [-0.39, 0.29) is 0 Å². The molecule has 2 N–H and O–H groups in total. The monoisotopic (exact) mass is 281 g/mol. The summed E-state index contributed by atoms with van der Waals surface area (Å²) < 4.78 is 0. The Morgan fingerprint density at radius 3 is 2.86 bits per heavy atom. The Labute approximate surface area is 126 Å². The van der Waals surface area contributed by atoms with Crippen molar-refractivity contribution >= 4 is 16.5 Å². The molecule has 2 aliphatic rings. The predicted molar refractivity (Wildman–Crippen MR) is 87.6 cm³/mol. The Morgan fingerprint density at radius 2 is 2.00 bits per heavy atom. The van der Waals surface area contributed by atoms with Gasteiger partial charge < -0.3 is 10.6 Å². The van der Waals surface area contributed by atoms with Crippen LogP contribution in [0.1, 0.15) is 31.2 Å². The fourth-order valence-electron chi connectivity index (χ4n) is 3.99. The lowest BCUT2D eigenvalue weighted by atomic mass is 9.85. The Bertz CT molecular complexity index is 639. The van der Waals surface area contributed by atoms with Gasteiger partial charge in [-0.2, -0.15) is 0 Å². The molecule has 0 saturated heterocycles. The van der Waals surface area contributed by atoms with E-state index in [0.29, 0.717) is 6.04 Å². The summed E-state index contributed by atoms with van der Waals surface area (Å²) in [4.78, 5) is 6.97. The lowest BCUT2D eigenvalue weighted by molar-refractivity contribution is 0.327. The summed E-state index contributed by atoms with van der Waals surface area (Å²) in [6.07, 6.45) is 10.1. The largest absolute Gasteiger partial charge is 0.370 e. The minimum absolute atomic E-state index is 0.442. The van der Waals surface area contributed by atoms with Gasteiger partial charge in [0.1, 0.15) is 0 Å². The van der Waals surface area contributed by atoms with Gasteiger partial charge in [-0.1, -0.05) is 12.1 Å². The number of hydrogen-bond donors (Lipinski definition) is 1. The van der Waals surface area contributed by atoms with Crippen LogP contribution in [-0.2, 0) is 6.42 Å². The van der Waals surface area contributed by atoms with E-state index >= 15 is 0 Å². The average Bonchev–Trinajstić information content (AvgIpc) is 2.52. The normalized spacial score (nSPS) is 25.3. The Kier molecular flexibility index (Phi) is 3.30. The third-order valence-corrected chi connectivity index (χ3v) is 5.20. The van der Waals surface area contributed by atoms with Crippen LogP contribution in [0.5, 0.6) is 0 Å². The summed E-state index contributed by atoms with van der Waals surface area (Å²) in [6, 6.07) is 7.06. The number of nitrogens with zero attached hydrogens (tertiary/aromatic N) is 2. The van der Waals surface area contributed by atoms with Gasteiger partial charge in [-0.15, -0.1) is 0 Å². The number of hydrogen-bond acceptors (Lipinski definition) is 3. The number of aromatic nitrogens is 1. The van der Waals surface area contributed by atoms with E-state index in [0.717, 1.165) is 18.9 Å². The van der Waals surface area contributed by atoms with Gasteiger partial charge in [0.25, 0.3) is 0 Å². The van der Waals surface area contributed by atoms with E-state index in [1.54, 1.807) is 0 Å². The standard InChI is InChI=1S/C18H23N3/c19-16-6-4-13(5-7-16)12-21-9-8-15-11-20-10-14-2-1-3-17(21)18(14)15/h1-3,10-11,13,16H,4-9,12,19H2. The average molecular weight is 281 g/mol. The molecule has 21 heavy (non-hydrogen) atoms. The van der Waals surface area contributed by atoms with Crippen molar-refractivity contribution in [3.05, 3.63) is 36.2 Å². The molecule has 1 fully saturated rings. The van der Waals surface area contributed by atoms with Crippen LogP contribution in [0, 0.1) is 5.92 Å². The molecule has 1 aliphatic heterocycles. The first-order valence-corrected chi connectivity index (χ1v) is 8.17. The molecule has 4 rings (SSSR count). The zero-order valence-electron chi connectivity index (χ0n) is 12.5. The summed E-state index contributed by atoms with van der Waals surface area (Å²) in [5.41, 5.74) is 8.85. The van der Waals surface area contributed by atoms with Crippen molar-refractivity contribution in [3.63, 3.8) is 0 Å². The summed E-state index contributed by atoms with van der Waals surface area (Å²) in [5.74, 6) is 0.809. The Morgan fingerprint density at radius 1 is 1.14 bits per heavy atom. The number of nitrogens with two attached hydrogens (primary N) is 1. The molecule has 0 atom stereocenters. The zero-order chi connectivity index (χ0) is 14.2. The first-order chi connectivity index (χ1) is 10.3. The third kappa shape index (κ3) is 2.40. The first kappa shape index (κ1) is 13.1. The van der Waals surface area contributed by atoms with Crippen LogP contribution < -0.4 is 10.6 Å². The lowest BCUT2D eigenvalue weighted by Gasteiger charge is -2.36. The van der Waals surface area contributed by atoms with Gasteiger partial charge >= 0.3 is 0 Å². The maximum absolute atomic E-state index is 6.03. The van der Waals surface area contributed by atoms with Crippen molar-refractivity contribution in [1.29, 1.82) is 0 Å². The molecule has 0 amide bonds. The van der Waals surface area contributed by atoms with E-state index in [9.17, 15) is 0 Å². The third-order valence-electron chi connectivity index (χ3n) is 5.20. The Balaban J connectivity index is 1.62. The van der Waals surface area contributed by atoms with Crippen LogP contribution in [0.2, 0.25) is 0 Å². The number of pyridine rings is 1. The van der Waals surface area contributed by atoms with E-state index in [2.05, 4.69) is 28.1 Å². The molecular weight excluding hydrogens is 258 g/mol. The van der Waals surface area contributed by atoms with Crippen molar-refractivity contribution in [1.82, 2.24) is 4.98 Å². The van der Waals surface area contributed by atoms with Gasteiger partial charge in [0, 0.05) is 48.0 Å². The van der Waals surface area contributed by atoms with Gasteiger partial charge in [-0.05, 0) is 49.7 Å². The minimum atomic E-state index is 0.442. The molecule has 0 bridgehead atoms. The first-order valence-electron chi connectivity index (χ1n) is 8.17. The van der Waals surface area contributed by atoms with Crippen LogP contribution in [0.15, 0.2) is 30.6 Å². The second-order valence-electron chi connectivity index (χ2n) is 6.65. The summed E-state index contributed by atoms with van der Waals surface area (Å²) in [5, 5.41) is 2.70. The van der Waals surface area contributed by atoms with Crippen molar-refractivity contribution in [2.24, 2.45) is 11.7 Å². The molecule has 2 aromatic rings. The molecule has 0 radical (unpaired) electrons. The van der Waals surface area contributed by atoms with Crippen molar-refractivity contribution in [3.8, 4) is 0 Å². The van der Waals surface area contributed by atoms with Crippen LogP contribution >= 0.6 is 0 Å². The number of benzene rings is 1. The van der Waals surface area contributed by atoms with Gasteiger partial charge in [-0.25, -0.2) is 0 Å². The molecule has 1 saturated carbocycles. The fraction of sp³-hybridized carbons (Fsp3) is 0.500. The van der Waals surface area contributed by atoms with E-state index in [1.807, 2.05) is 12.4 Å². The molecule has 1 aromatic heterocycles. The van der Waals surface area contributed by atoms with Crippen molar-refractivity contribution in [2.45, 2.75) is 38.1 Å². The van der Waals surface area contributed by atoms with E-state index in [4.69, 9.17) is 5.73 Å². The summed E-state index contributed by atoms with van der Waals surface area (Å²) in [7, 11) is 0. The number of anilines is 1. The molecule has 3 nitrogen and oxygen atoms in total. The minimum Gasteiger partial charge on any atom is -0.370 e. The molecule has 0 spiro atoms. The van der Waals surface area contributed by atoms with Gasteiger partial charge in [0.2, 0.25) is 0 Å². The van der Waals surface area contributed by atoms with Gasteiger partial charge in [0.05, 0.1) is 0 Å². The second-order valence-corrected chi connectivity index (χ2v) is 6.65. The van der Waals surface area contributed by atoms with Crippen LogP contribution in [0.4, 0.5) is 5.69 Å². The number of rotatable bonds is 2. The smallest absolute Gasteiger partial charge is 0.0450 e. The lowest BCUT2D eigenvalue weighted by Crippen LogP contribution is -2.37. The van der Waals surface area contributed by atoms with Crippen LogP contribution in [0.3, 0.4) is 0 Å². The van der Waals surface area contributed by atoms with Crippen LogP contribution in [-0.4, -0.2) is 24.1 Å². The summed E-state index contributed by atoms with van der Waals surface area (Å²) >= 11 is 0. The molecule has 3 heteroatoms. The maximum Gasteiger partial charge on any atom is 0.0450 e. The zero-order valence-corrected chi connectivity index (χ0v) is 12.5. The van der Waals surface area contributed by atoms with E-state index in [1.165, 1.54) is 54.3 Å². The van der Waals surface area contributed by atoms with Crippen molar-refractivity contribution < 1.29 is 0 Å². The highest BCUT2D eigenvalue weighted by Crippen LogP contribution is 2.35. The van der Waals surface area contributed by atoms with Gasteiger partial charge in [0.15, 0.2) is 0 Å². The van der Waals surface area contributed by atoms with Crippen LogP contribution in [0.25, 0.3) is 10.8 Å². The topological polar surface area (TPSA) is 42.1 Å². The van der Waals surface area contributed by atoms with Crippen molar-refractivity contribution in [2.75, 3.05) is 18.0 Å². The highest BCUT2D eigenvalue weighted by atomic mass is 15.1. The molecule has 1 aliphatic carbocycles. The highest BCUT2D eigenvalue weighted by molar-refractivity contribution is 5.97. The molecule has 110 valence electrons. The van der Waals surface area contributed by atoms with E-state index < -0.39 is 0 Å². The highest BCUT2D eigenvalue weighted by Gasteiger charge is 2.24. The SMILES string of the molecule is NC1CCC(CN2CCc3cncc4cccc2c34)CC1. The quantitative estimate of drug-likeness (QED) is 0.919. The fourth-order valence-corrected chi connectivity index (χ4v) is 3.99. The molecule has 2 heterocycles. The predicted octanol–water partition coefficient (Wildman–Crippen LogP) is 3.11. The molecule has 1 aromatic carbocycles. The van der Waals surface area contributed by atoms with Gasteiger partial charge in [-0.3, -0.25) is 4.98 Å². The molecule has 0 unspecified atom stereocenters. The summed E-state index contributed by atoms with van der Waals surface area (Å²) in [6.45, 7) is 2.31. The molecular formula is C18H23N3. The Hall–Kier alpha value is -1.61.